The predicted octanol–water partition coefficient (Wildman–Crippen LogP) is 3.11. The third-order valence-corrected chi connectivity index (χ3v) is 2.92. The highest BCUT2D eigenvalue weighted by Gasteiger charge is 2.25. The molecule has 0 aliphatic rings. The van der Waals surface area contributed by atoms with Gasteiger partial charge in [0.15, 0.2) is 0 Å². The molecular weight excluding hydrogens is 207 g/mol. The number of rotatable bonds is 6. The van der Waals surface area contributed by atoms with Gasteiger partial charge in [0.05, 0.1) is 5.54 Å². The zero-order chi connectivity index (χ0) is 10.5. The summed E-state index contributed by atoms with van der Waals surface area (Å²) in [4.78, 5) is 2.25. The second-order valence-corrected chi connectivity index (χ2v) is 4.99. The van der Waals surface area contributed by atoms with Gasteiger partial charge in [-0.25, -0.2) is 0 Å². The Morgan fingerprint density at radius 2 is 1.77 bits per heavy atom. The summed E-state index contributed by atoms with van der Waals surface area (Å²) >= 11 is 11.4. The molecule has 0 spiro atoms. The molecule has 0 saturated carbocycles. The summed E-state index contributed by atoms with van der Waals surface area (Å²) in [5.41, 5.74) is -0.189. The number of nitrogens with zero attached hydrogens (tertiary/aromatic N) is 2. The van der Waals surface area contributed by atoms with E-state index in [1.165, 1.54) is 16.8 Å². The van der Waals surface area contributed by atoms with Crippen molar-refractivity contribution >= 4 is 23.6 Å². The molecule has 80 valence electrons. The SMILES string of the molecule is CCCCN(C)CC(C)(C)N(Cl)Cl. The van der Waals surface area contributed by atoms with Crippen LogP contribution in [0.2, 0.25) is 0 Å². The quantitative estimate of drug-likeness (QED) is 0.643. The van der Waals surface area contributed by atoms with Crippen LogP contribution in [-0.2, 0) is 0 Å². The molecule has 0 unspecified atom stereocenters. The van der Waals surface area contributed by atoms with Gasteiger partial charge in [-0.1, -0.05) is 13.3 Å². The monoisotopic (exact) mass is 226 g/mol. The van der Waals surface area contributed by atoms with Crippen molar-refractivity contribution in [2.45, 2.75) is 39.2 Å². The van der Waals surface area contributed by atoms with Crippen LogP contribution in [0.4, 0.5) is 0 Å². The molecule has 0 aliphatic carbocycles. The highest BCUT2D eigenvalue weighted by atomic mass is 35.5. The zero-order valence-corrected chi connectivity index (χ0v) is 10.5. The first kappa shape index (κ1) is 13.5. The number of halogens is 2. The average Bonchev–Trinajstić information content (AvgIpc) is 1.99. The zero-order valence-electron chi connectivity index (χ0n) is 8.98. The molecule has 0 atom stereocenters. The molecule has 13 heavy (non-hydrogen) atoms. The Labute approximate surface area is 92.0 Å². The molecule has 2 nitrogen and oxygen atoms in total. The molecule has 0 fully saturated rings. The molecule has 0 aromatic heterocycles. The molecule has 0 bridgehead atoms. The van der Waals surface area contributed by atoms with Gasteiger partial charge in [0.2, 0.25) is 0 Å². The van der Waals surface area contributed by atoms with Gasteiger partial charge in [-0.05, 0) is 57.4 Å². The molecule has 0 saturated heterocycles. The summed E-state index contributed by atoms with van der Waals surface area (Å²) in [6, 6.07) is 0. The third-order valence-electron chi connectivity index (χ3n) is 2.01. The number of hydrogen-bond acceptors (Lipinski definition) is 2. The van der Waals surface area contributed by atoms with Gasteiger partial charge in [-0.15, -0.1) is 3.94 Å². The van der Waals surface area contributed by atoms with Crippen molar-refractivity contribution in [1.82, 2.24) is 8.84 Å². The van der Waals surface area contributed by atoms with Gasteiger partial charge in [-0.2, -0.15) is 0 Å². The van der Waals surface area contributed by atoms with Crippen molar-refractivity contribution in [3.8, 4) is 0 Å². The van der Waals surface area contributed by atoms with Crippen LogP contribution in [0.1, 0.15) is 33.6 Å². The van der Waals surface area contributed by atoms with Crippen LogP contribution >= 0.6 is 23.6 Å². The van der Waals surface area contributed by atoms with E-state index in [2.05, 4.69) is 18.9 Å². The normalized spacial score (nSPS) is 12.9. The standard InChI is InChI=1S/C9H20Cl2N2/c1-5-6-7-12(4)8-9(2,3)13(10)11/h5-8H2,1-4H3. The smallest absolute Gasteiger partial charge is 0.0596 e. The molecule has 0 amide bonds. The van der Waals surface area contributed by atoms with Crippen LogP contribution in [0.3, 0.4) is 0 Å². The van der Waals surface area contributed by atoms with Crippen LogP contribution in [0.25, 0.3) is 0 Å². The first-order valence-corrected chi connectivity index (χ1v) is 5.38. The van der Waals surface area contributed by atoms with Crippen LogP contribution in [0.15, 0.2) is 0 Å². The van der Waals surface area contributed by atoms with Crippen LogP contribution in [0.5, 0.6) is 0 Å². The number of unbranched alkanes of at least 4 members (excludes halogenated alkanes) is 1. The van der Waals surface area contributed by atoms with Crippen molar-refractivity contribution < 1.29 is 0 Å². The minimum absolute atomic E-state index is 0.189. The molecular formula is C9H20Cl2N2. The van der Waals surface area contributed by atoms with E-state index in [0.717, 1.165) is 13.1 Å². The van der Waals surface area contributed by atoms with E-state index < -0.39 is 0 Å². The summed E-state index contributed by atoms with van der Waals surface area (Å²) < 4.78 is 1.23. The minimum Gasteiger partial charge on any atom is -0.304 e. The van der Waals surface area contributed by atoms with Crippen LogP contribution in [-0.4, -0.2) is 34.5 Å². The van der Waals surface area contributed by atoms with Crippen molar-refractivity contribution in [1.29, 1.82) is 0 Å². The largest absolute Gasteiger partial charge is 0.304 e. The topological polar surface area (TPSA) is 6.48 Å². The Balaban J connectivity index is 3.82. The fourth-order valence-electron chi connectivity index (χ4n) is 1.22. The molecule has 0 radical (unpaired) electrons. The maximum atomic E-state index is 5.72. The van der Waals surface area contributed by atoms with Gasteiger partial charge < -0.3 is 4.90 Å². The Morgan fingerprint density at radius 3 is 2.15 bits per heavy atom. The second-order valence-electron chi connectivity index (χ2n) is 4.14. The summed E-state index contributed by atoms with van der Waals surface area (Å²) in [5.74, 6) is 0. The van der Waals surface area contributed by atoms with Crippen molar-refractivity contribution in [2.75, 3.05) is 20.1 Å². The lowest BCUT2D eigenvalue weighted by atomic mass is 10.1. The van der Waals surface area contributed by atoms with Crippen molar-refractivity contribution in [2.24, 2.45) is 0 Å². The Kier molecular flexibility index (Phi) is 6.31. The molecule has 0 aromatic rings. The van der Waals surface area contributed by atoms with Crippen molar-refractivity contribution in [3.63, 3.8) is 0 Å². The Morgan fingerprint density at radius 1 is 1.23 bits per heavy atom. The molecule has 0 heterocycles. The van der Waals surface area contributed by atoms with E-state index in [1.54, 1.807) is 0 Å². The van der Waals surface area contributed by atoms with E-state index in [9.17, 15) is 0 Å². The fraction of sp³-hybridized carbons (Fsp3) is 1.00. The molecule has 0 rings (SSSR count). The summed E-state index contributed by atoms with van der Waals surface area (Å²) in [6.07, 6.45) is 2.44. The number of likely N-dealkylation sites (N-methyl/N-ethyl adjacent to an activating group) is 1. The Hall–Kier alpha value is 0.500. The Bertz CT molecular complexity index is 138. The second kappa shape index (κ2) is 6.07. The third kappa shape index (κ3) is 5.74. The van der Waals surface area contributed by atoms with Gasteiger partial charge in [0.1, 0.15) is 0 Å². The van der Waals surface area contributed by atoms with E-state index in [-0.39, 0.29) is 5.54 Å². The van der Waals surface area contributed by atoms with E-state index in [4.69, 9.17) is 23.6 Å². The summed E-state index contributed by atoms with van der Waals surface area (Å²) in [7, 11) is 2.09. The van der Waals surface area contributed by atoms with Gasteiger partial charge >= 0.3 is 0 Å². The van der Waals surface area contributed by atoms with Gasteiger partial charge in [0.25, 0.3) is 0 Å². The maximum Gasteiger partial charge on any atom is 0.0596 e. The molecule has 0 aliphatic heterocycles. The first-order chi connectivity index (χ1) is 5.90. The summed E-state index contributed by atoms with van der Waals surface area (Å²) in [5, 5.41) is 0. The van der Waals surface area contributed by atoms with E-state index in [1.807, 2.05) is 13.8 Å². The highest BCUT2D eigenvalue weighted by molar-refractivity contribution is 6.34. The lowest BCUT2D eigenvalue weighted by molar-refractivity contribution is 0.213. The summed E-state index contributed by atoms with van der Waals surface area (Å²) in [6.45, 7) is 8.21. The molecule has 0 aromatic carbocycles. The maximum absolute atomic E-state index is 5.72. The van der Waals surface area contributed by atoms with E-state index in [0.29, 0.717) is 0 Å². The van der Waals surface area contributed by atoms with Crippen LogP contribution in [0, 0.1) is 0 Å². The number of hydrogen-bond donors (Lipinski definition) is 0. The predicted molar refractivity (Wildman–Crippen MR) is 60.0 cm³/mol. The first-order valence-electron chi connectivity index (χ1n) is 4.70. The van der Waals surface area contributed by atoms with E-state index >= 15 is 0 Å². The van der Waals surface area contributed by atoms with Gasteiger partial charge in [-0.3, -0.25) is 0 Å². The van der Waals surface area contributed by atoms with Crippen molar-refractivity contribution in [3.05, 3.63) is 0 Å². The average molecular weight is 227 g/mol. The lowest BCUT2D eigenvalue weighted by Crippen LogP contribution is -2.43. The van der Waals surface area contributed by atoms with Gasteiger partial charge in [0, 0.05) is 6.54 Å². The minimum atomic E-state index is -0.189. The molecule has 0 N–H and O–H groups in total. The highest BCUT2D eigenvalue weighted by Crippen LogP contribution is 2.20. The van der Waals surface area contributed by atoms with Crippen LogP contribution < -0.4 is 0 Å². The lowest BCUT2D eigenvalue weighted by Gasteiger charge is -2.32. The molecule has 4 heteroatoms. The fourth-order valence-corrected chi connectivity index (χ4v) is 1.33.